The van der Waals surface area contributed by atoms with Crippen LogP contribution in [0.2, 0.25) is 5.02 Å². The second-order valence-corrected chi connectivity index (χ2v) is 10.7. The number of hydrogen-bond acceptors (Lipinski definition) is 4. The van der Waals surface area contributed by atoms with Crippen LogP contribution < -0.4 is 11.1 Å². The van der Waals surface area contributed by atoms with Crippen molar-refractivity contribution in [2.45, 2.75) is 78.1 Å². The first-order valence-electron chi connectivity index (χ1n) is 11.9. The smallest absolute Gasteiger partial charge is 0.411 e. The molecule has 1 aliphatic rings. The zero-order valence-corrected chi connectivity index (χ0v) is 21.1. The summed E-state index contributed by atoms with van der Waals surface area (Å²) in [6.45, 7) is 6.78. The van der Waals surface area contributed by atoms with Gasteiger partial charge >= 0.3 is 6.09 Å². The molecule has 3 N–H and O–H groups in total. The molecule has 2 amide bonds. The van der Waals surface area contributed by atoms with Gasteiger partial charge in [0, 0.05) is 35.8 Å². The fourth-order valence-corrected chi connectivity index (χ4v) is 4.40. The molecule has 1 fully saturated rings. The Morgan fingerprint density at radius 1 is 1.09 bits per heavy atom. The van der Waals surface area contributed by atoms with Gasteiger partial charge in [-0.2, -0.15) is 0 Å². The van der Waals surface area contributed by atoms with Gasteiger partial charge in [0.2, 0.25) is 5.91 Å². The van der Waals surface area contributed by atoms with E-state index in [1.54, 1.807) is 12.1 Å². The van der Waals surface area contributed by atoms with E-state index in [1.807, 2.05) is 41.3 Å². The third kappa shape index (κ3) is 8.03. The molecule has 0 aliphatic heterocycles. The molecule has 0 atom stereocenters. The summed E-state index contributed by atoms with van der Waals surface area (Å²) in [5, 5.41) is 3.33. The summed E-state index contributed by atoms with van der Waals surface area (Å²) in [6, 6.07) is 15.1. The van der Waals surface area contributed by atoms with Crippen molar-refractivity contribution in [2.24, 2.45) is 11.1 Å². The van der Waals surface area contributed by atoms with Gasteiger partial charge < -0.3 is 15.4 Å². The Bertz CT molecular complexity index is 967. The number of nitrogens with two attached hydrogens (primary N) is 1. The number of rotatable bonds is 7. The minimum Gasteiger partial charge on any atom is -0.444 e. The molecule has 2 aromatic rings. The van der Waals surface area contributed by atoms with Crippen LogP contribution in [0.25, 0.3) is 0 Å². The van der Waals surface area contributed by atoms with E-state index in [0.29, 0.717) is 23.7 Å². The maximum absolute atomic E-state index is 13.3. The number of anilines is 1. The summed E-state index contributed by atoms with van der Waals surface area (Å²) < 4.78 is 5.32. The maximum Gasteiger partial charge on any atom is 0.411 e. The third-order valence-corrected chi connectivity index (χ3v) is 6.40. The zero-order chi connectivity index (χ0) is 24.7. The van der Waals surface area contributed by atoms with Crippen molar-refractivity contribution >= 4 is 29.3 Å². The van der Waals surface area contributed by atoms with Crippen molar-refractivity contribution in [3.8, 4) is 0 Å². The van der Waals surface area contributed by atoms with E-state index in [0.717, 1.165) is 36.8 Å². The first-order chi connectivity index (χ1) is 16.1. The Labute approximate surface area is 207 Å². The lowest BCUT2D eigenvalue weighted by Crippen LogP contribution is -2.44. The molecule has 7 heteroatoms. The largest absolute Gasteiger partial charge is 0.444 e. The number of carbonyl (C=O) groups is 2. The number of amides is 2. The van der Waals surface area contributed by atoms with Crippen LogP contribution in [0.15, 0.2) is 48.5 Å². The highest BCUT2D eigenvalue weighted by atomic mass is 35.5. The molecule has 0 heterocycles. The Morgan fingerprint density at radius 2 is 1.76 bits per heavy atom. The molecule has 2 aromatic carbocycles. The van der Waals surface area contributed by atoms with Gasteiger partial charge in [-0.1, -0.05) is 62.7 Å². The van der Waals surface area contributed by atoms with E-state index in [2.05, 4.69) is 26.1 Å². The van der Waals surface area contributed by atoms with E-state index in [1.165, 1.54) is 0 Å². The normalized spacial score (nSPS) is 18.3. The monoisotopic (exact) mass is 485 g/mol. The summed E-state index contributed by atoms with van der Waals surface area (Å²) in [5.74, 6) is 0.115. The van der Waals surface area contributed by atoms with Gasteiger partial charge in [0.1, 0.15) is 6.61 Å². The summed E-state index contributed by atoms with van der Waals surface area (Å²) in [4.78, 5) is 27.6. The summed E-state index contributed by atoms with van der Waals surface area (Å²) in [5.41, 5.74) is 8.27. The lowest BCUT2D eigenvalue weighted by molar-refractivity contribution is -0.137. The van der Waals surface area contributed by atoms with Gasteiger partial charge in [-0.3, -0.25) is 10.1 Å². The van der Waals surface area contributed by atoms with Gasteiger partial charge in [-0.15, -0.1) is 0 Å². The molecule has 0 saturated heterocycles. The fraction of sp³-hybridized carbons (Fsp3) is 0.481. The Morgan fingerprint density at radius 3 is 2.41 bits per heavy atom. The van der Waals surface area contributed by atoms with Crippen LogP contribution >= 0.6 is 11.6 Å². The highest BCUT2D eigenvalue weighted by Gasteiger charge is 2.30. The zero-order valence-electron chi connectivity index (χ0n) is 20.4. The average Bonchev–Trinajstić information content (AvgIpc) is 2.78. The second kappa shape index (κ2) is 11.7. The van der Waals surface area contributed by atoms with Crippen molar-refractivity contribution in [1.29, 1.82) is 0 Å². The standard InChI is InChI=1S/C27H36ClN3O3/c1-27(2,3)16-25(32)31(23-12-9-21(29)10-13-23)17-20-15-22(11-14-24(20)28)30-26(33)34-18-19-7-5-4-6-8-19/h4-8,11,14-15,21,23H,9-10,12-13,16-18,29H2,1-3H3,(H,30,33). The number of ether oxygens (including phenoxy) is 1. The number of hydrogen-bond donors (Lipinski definition) is 2. The van der Waals surface area contributed by atoms with Crippen LogP contribution in [-0.4, -0.2) is 29.0 Å². The number of benzene rings is 2. The topological polar surface area (TPSA) is 84.7 Å². The van der Waals surface area contributed by atoms with Gasteiger partial charge in [0.05, 0.1) is 0 Å². The summed E-state index contributed by atoms with van der Waals surface area (Å²) in [6.07, 6.45) is 3.51. The first kappa shape index (κ1) is 26.0. The van der Waals surface area contributed by atoms with Crippen molar-refractivity contribution in [3.63, 3.8) is 0 Å². The molecule has 1 saturated carbocycles. The van der Waals surface area contributed by atoms with Crippen molar-refractivity contribution < 1.29 is 14.3 Å². The predicted octanol–water partition coefficient (Wildman–Crippen LogP) is 6.12. The molecule has 6 nitrogen and oxygen atoms in total. The average molecular weight is 486 g/mol. The molecule has 0 unspecified atom stereocenters. The van der Waals surface area contributed by atoms with E-state index in [-0.39, 0.29) is 30.0 Å². The molecule has 0 aromatic heterocycles. The number of nitrogens with zero attached hydrogens (tertiary/aromatic N) is 1. The molecule has 3 rings (SSSR count). The first-order valence-corrected chi connectivity index (χ1v) is 12.3. The number of carbonyl (C=O) groups excluding carboxylic acids is 2. The van der Waals surface area contributed by atoms with Crippen molar-refractivity contribution in [2.75, 3.05) is 5.32 Å². The number of halogens is 1. The fourth-order valence-electron chi connectivity index (χ4n) is 4.22. The van der Waals surface area contributed by atoms with Crippen molar-refractivity contribution in [3.05, 3.63) is 64.7 Å². The van der Waals surface area contributed by atoms with Gasteiger partial charge in [0.25, 0.3) is 0 Å². The summed E-state index contributed by atoms with van der Waals surface area (Å²) in [7, 11) is 0. The third-order valence-electron chi connectivity index (χ3n) is 6.03. The van der Waals surface area contributed by atoms with E-state index in [4.69, 9.17) is 22.1 Å². The van der Waals surface area contributed by atoms with Crippen LogP contribution in [0.4, 0.5) is 10.5 Å². The van der Waals surface area contributed by atoms with E-state index < -0.39 is 6.09 Å². The highest BCUT2D eigenvalue weighted by Crippen LogP contribution is 2.30. The highest BCUT2D eigenvalue weighted by molar-refractivity contribution is 6.31. The Balaban J connectivity index is 1.70. The van der Waals surface area contributed by atoms with E-state index in [9.17, 15) is 9.59 Å². The molecule has 1 aliphatic carbocycles. The Kier molecular flexibility index (Phi) is 8.97. The quantitative estimate of drug-likeness (QED) is 0.494. The SMILES string of the molecule is CC(C)(C)CC(=O)N(Cc1cc(NC(=O)OCc2ccccc2)ccc1Cl)C1CCC(N)CC1. The Hall–Kier alpha value is -2.57. The molecule has 0 radical (unpaired) electrons. The lowest BCUT2D eigenvalue weighted by Gasteiger charge is -2.37. The van der Waals surface area contributed by atoms with Gasteiger partial charge in [0.15, 0.2) is 0 Å². The maximum atomic E-state index is 13.3. The lowest BCUT2D eigenvalue weighted by atomic mass is 9.88. The van der Waals surface area contributed by atoms with Crippen LogP contribution in [0, 0.1) is 5.41 Å². The number of nitrogens with one attached hydrogen (secondary N) is 1. The molecular weight excluding hydrogens is 450 g/mol. The minimum absolute atomic E-state index is 0.115. The van der Waals surface area contributed by atoms with Crippen LogP contribution in [0.3, 0.4) is 0 Å². The molecular formula is C27H36ClN3O3. The molecule has 34 heavy (non-hydrogen) atoms. The molecule has 0 bridgehead atoms. The van der Waals surface area contributed by atoms with Crippen LogP contribution in [0.5, 0.6) is 0 Å². The van der Waals surface area contributed by atoms with E-state index >= 15 is 0 Å². The van der Waals surface area contributed by atoms with Crippen LogP contribution in [0.1, 0.15) is 64.0 Å². The minimum atomic E-state index is -0.543. The van der Waals surface area contributed by atoms with Crippen LogP contribution in [-0.2, 0) is 22.7 Å². The molecule has 0 spiro atoms. The predicted molar refractivity (Wildman–Crippen MR) is 137 cm³/mol. The molecule has 184 valence electrons. The van der Waals surface area contributed by atoms with Gasteiger partial charge in [-0.25, -0.2) is 4.79 Å². The second-order valence-electron chi connectivity index (χ2n) is 10.3. The summed E-state index contributed by atoms with van der Waals surface area (Å²) >= 11 is 6.52. The van der Waals surface area contributed by atoms with Gasteiger partial charge in [-0.05, 0) is 60.4 Å². The van der Waals surface area contributed by atoms with Crippen molar-refractivity contribution in [1.82, 2.24) is 4.90 Å².